The molecule has 1 N–H and O–H groups in total. The second kappa shape index (κ2) is 6.15. The number of aliphatic carboxylic acids is 1. The molecule has 1 aliphatic rings. The number of benzene rings is 1. The minimum absolute atomic E-state index is 0.101. The van der Waals surface area contributed by atoms with Gasteiger partial charge in [0.2, 0.25) is 0 Å². The maximum atomic E-state index is 11.3. The third-order valence-electron chi connectivity index (χ3n) is 4.35. The molecule has 120 valence electrons. The molecule has 4 nitrogen and oxygen atoms in total. The molecule has 2 rings (SSSR count). The molecule has 0 radical (unpaired) electrons. The summed E-state index contributed by atoms with van der Waals surface area (Å²) in [6.07, 6.45) is -0.101. The normalized spacial score (nSPS) is 20.9. The van der Waals surface area contributed by atoms with Crippen LogP contribution in [0.5, 0.6) is 0 Å². The Kier molecular flexibility index (Phi) is 4.98. The maximum Gasteiger partial charge on any atom is 0.466 e. The van der Waals surface area contributed by atoms with E-state index in [2.05, 4.69) is 15.9 Å². The lowest BCUT2D eigenvalue weighted by atomic mass is 9.66. The van der Waals surface area contributed by atoms with Crippen LogP contribution in [0, 0.1) is 0 Å². The van der Waals surface area contributed by atoms with E-state index in [9.17, 15) is 9.90 Å². The second-order valence-corrected chi connectivity index (χ2v) is 7.79. The van der Waals surface area contributed by atoms with Crippen molar-refractivity contribution in [3.05, 3.63) is 33.3 Å². The van der Waals surface area contributed by atoms with Gasteiger partial charge < -0.3 is 14.4 Å². The highest BCUT2D eigenvalue weighted by molar-refractivity contribution is 9.10. The zero-order valence-corrected chi connectivity index (χ0v) is 15.4. The fourth-order valence-electron chi connectivity index (χ4n) is 2.39. The summed E-state index contributed by atoms with van der Waals surface area (Å²) in [5.74, 6) is -1.36. The summed E-state index contributed by atoms with van der Waals surface area (Å²) in [6.45, 7) is 7.77. The summed E-state index contributed by atoms with van der Waals surface area (Å²) in [5.41, 5.74) is -0.257. The fraction of sp³-hybridized carbons (Fsp3) is 0.533. The third kappa shape index (κ3) is 3.50. The SMILES string of the molecule is CC1(C)OB(C(CC(=O)O)c2cc(Cl)ccc2Br)OC1(C)C. The summed E-state index contributed by atoms with van der Waals surface area (Å²) in [5, 5.41) is 9.81. The van der Waals surface area contributed by atoms with Crippen LogP contribution in [0.15, 0.2) is 22.7 Å². The molecule has 1 unspecified atom stereocenters. The average Bonchev–Trinajstić information content (AvgIpc) is 2.58. The highest BCUT2D eigenvalue weighted by atomic mass is 79.9. The second-order valence-electron chi connectivity index (χ2n) is 6.49. The average molecular weight is 389 g/mol. The molecule has 0 aliphatic carbocycles. The van der Waals surface area contributed by atoms with Crippen LogP contribution in [-0.2, 0) is 14.1 Å². The molecule has 0 bridgehead atoms. The van der Waals surface area contributed by atoms with Gasteiger partial charge in [-0.3, -0.25) is 4.79 Å². The van der Waals surface area contributed by atoms with Crippen LogP contribution in [0.25, 0.3) is 0 Å². The molecule has 1 aromatic carbocycles. The highest BCUT2D eigenvalue weighted by Crippen LogP contribution is 2.43. The number of hydrogen-bond donors (Lipinski definition) is 1. The quantitative estimate of drug-likeness (QED) is 0.781. The van der Waals surface area contributed by atoms with Crippen molar-refractivity contribution in [2.75, 3.05) is 0 Å². The van der Waals surface area contributed by atoms with Gasteiger partial charge in [0.1, 0.15) is 0 Å². The number of carbonyl (C=O) groups is 1. The molecule has 1 heterocycles. The van der Waals surface area contributed by atoms with E-state index in [1.807, 2.05) is 27.7 Å². The van der Waals surface area contributed by atoms with Crippen molar-refractivity contribution in [1.82, 2.24) is 0 Å². The van der Waals surface area contributed by atoms with Gasteiger partial charge in [0.15, 0.2) is 0 Å². The molecular weight excluding hydrogens is 370 g/mol. The molecule has 1 aliphatic heterocycles. The lowest BCUT2D eigenvalue weighted by Crippen LogP contribution is -2.41. The molecule has 0 saturated carbocycles. The van der Waals surface area contributed by atoms with Gasteiger partial charge >= 0.3 is 13.1 Å². The lowest BCUT2D eigenvalue weighted by Gasteiger charge is -2.32. The number of hydrogen-bond acceptors (Lipinski definition) is 3. The molecule has 1 atom stereocenters. The Morgan fingerprint density at radius 2 is 1.86 bits per heavy atom. The Bertz CT molecular complexity index is 575. The predicted molar refractivity (Wildman–Crippen MR) is 90.2 cm³/mol. The Balaban J connectivity index is 2.40. The Morgan fingerprint density at radius 1 is 1.32 bits per heavy atom. The van der Waals surface area contributed by atoms with Crippen LogP contribution >= 0.6 is 27.5 Å². The van der Waals surface area contributed by atoms with E-state index in [-0.39, 0.29) is 6.42 Å². The smallest absolute Gasteiger partial charge is 0.466 e. The maximum absolute atomic E-state index is 11.3. The molecular formula is C15H19BBrClO4. The van der Waals surface area contributed by atoms with E-state index in [0.29, 0.717) is 5.02 Å². The van der Waals surface area contributed by atoms with E-state index in [0.717, 1.165) is 10.0 Å². The molecule has 1 saturated heterocycles. The lowest BCUT2D eigenvalue weighted by molar-refractivity contribution is -0.137. The summed E-state index contributed by atoms with van der Waals surface area (Å²) >= 11 is 9.53. The first-order valence-electron chi connectivity index (χ1n) is 7.06. The van der Waals surface area contributed by atoms with Gasteiger partial charge in [-0.05, 0) is 51.5 Å². The van der Waals surface area contributed by atoms with Crippen molar-refractivity contribution in [1.29, 1.82) is 0 Å². The van der Waals surface area contributed by atoms with E-state index < -0.39 is 30.1 Å². The fourth-order valence-corrected chi connectivity index (χ4v) is 3.11. The van der Waals surface area contributed by atoms with Crippen molar-refractivity contribution in [2.45, 2.75) is 51.1 Å². The van der Waals surface area contributed by atoms with Gasteiger partial charge in [0.25, 0.3) is 0 Å². The van der Waals surface area contributed by atoms with Gasteiger partial charge in [-0.25, -0.2) is 0 Å². The topological polar surface area (TPSA) is 55.8 Å². The van der Waals surface area contributed by atoms with E-state index in [1.54, 1.807) is 18.2 Å². The zero-order valence-electron chi connectivity index (χ0n) is 13.0. The van der Waals surface area contributed by atoms with Gasteiger partial charge in [-0.15, -0.1) is 0 Å². The van der Waals surface area contributed by atoms with Gasteiger partial charge in [0.05, 0.1) is 17.6 Å². The third-order valence-corrected chi connectivity index (χ3v) is 5.31. The Morgan fingerprint density at radius 3 is 2.36 bits per heavy atom. The van der Waals surface area contributed by atoms with Gasteiger partial charge in [0, 0.05) is 15.3 Å². The molecule has 22 heavy (non-hydrogen) atoms. The van der Waals surface area contributed by atoms with E-state index in [1.165, 1.54) is 0 Å². The van der Waals surface area contributed by atoms with Crippen LogP contribution in [-0.4, -0.2) is 29.4 Å². The Labute approximate surface area is 144 Å². The standard InChI is InChI=1S/C15H19BBrClO4/c1-14(2)15(3,4)22-16(21-14)11(8-13(19)20)10-7-9(18)5-6-12(10)17/h5-7,11H,8H2,1-4H3,(H,19,20). The molecule has 1 aromatic rings. The first kappa shape index (κ1) is 17.8. The van der Waals surface area contributed by atoms with Crippen LogP contribution in [0.4, 0.5) is 0 Å². The van der Waals surface area contributed by atoms with Crippen molar-refractivity contribution >= 4 is 40.6 Å². The van der Waals surface area contributed by atoms with Crippen LogP contribution in [0.2, 0.25) is 5.02 Å². The van der Waals surface area contributed by atoms with Crippen LogP contribution < -0.4 is 0 Å². The molecule has 7 heteroatoms. The Hall–Kier alpha value is -0.555. The molecule has 0 spiro atoms. The minimum Gasteiger partial charge on any atom is -0.481 e. The number of carboxylic acids is 1. The summed E-state index contributed by atoms with van der Waals surface area (Å²) in [4.78, 5) is 11.3. The van der Waals surface area contributed by atoms with E-state index >= 15 is 0 Å². The van der Waals surface area contributed by atoms with Crippen molar-refractivity contribution in [2.24, 2.45) is 0 Å². The van der Waals surface area contributed by atoms with E-state index in [4.69, 9.17) is 20.9 Å². The van der Waals surface area contributed by atoms with Gasteiger partial charge in [-0.2, -0.15) is 0 Å². The summed E-state index contributed by atoms with van der Waals surface area (Å²) in [6, 6.07) is 5.30. The van der Waals surface area contributed by atoms with Crippen LogP contribution in [0.1, 0.15) is 45.5 Å². The van der Waals surface area contributed by atoms with Crippen molar-refractivity contribution in [3.63, 3.8) is 0 Å². The molecule has 0 amide bonds. The molecule has 1 fully saturated rings. The first-order chi connectivity index (χ1) is 10.0. The number of carboxylic acid groups (broad SMARTS) is 1. The summed E-state index contributed by atoms with van der Waals surface area (Å²) in [7, 11) is -0.643. The molecule has 0 aromatic heterocycles. The van der Waals surface area contributed by atoms with Gasteiger partial charge in [-0.1, -0.05) is 27.5 Å². The predicted octanol–water partition coefficient (Wildman–Crippen LogP) is 4.29. The van der Waals surface area contributed by atoms with Crippen LogP contribution in [0.3, 0.4) is 0 Å². The minimum atomic E-state index is -0.911. The number of rotatable bonds is 4. The van der Waals surface area contributed by atoms with Crippen molar-refractivity contribution < 1.29 is 19.2 Å². The highest BCUT2D eigenvalue weighted by Gasteiger charge is 2.54. The summed E-state index contributed by atoms with van der Waals surface area (Å²) < 4.78 is 12.8. The first-order valence-corrected chi connectivity index (χ1v) is 8.23. The largest absolute Gasteiger partial charge is 0.481 e. The number of halogens is 2. The zero-order chi connectivity index (χ0) is 16.7. The monoisotopic (exact) mass is 388 g/mol. The van der Waals surface area contributed by atoms with Crippen molar-refractivity contribution in [3.8, 4) is 0 Å².